The minimum Gasteiger partial charge on any atom is -0.508 e. The number of hydrogen-bond acceptors (Lipinski definition) is 7. The van der Waals surface area contributed by atoms with E-state index in [9.17, 15) is 0 Å². The zero-order valence-electron chi connectivity index (χ0n) is 28.9. The molecule has 1 radical (unpaired) electrons. The van der Waals surface area contributed by atoms with Crippen LogP contribution >= 0.6 is 15.4 Å². The summed E-state index contributed by atoms with van der Waals surface area (Å²) in [5.74, 6) is 3.58. The summed E-state index contributed by atoms with van der Waals surface area (Å²) in [5, 5.41) is 9.63. The van der Waals surface area contributed by atoms with E-state index in [1.54, 1.807) is 4.68 Å². The summed E-state index contributed by atoms with van der Waals surface area (Å²) in [4.78, 5) is 8.67. The van der Waals surface area contributed by atoms with Crippen molar-refractivity contribution in [3.05, 3.63) is 183 Å². The Kier molecular flexibility index (Phi) is 13.5. The number of anilines is 2. The summed E-state index contributed by atoms with van der Waals surface area (Å²) >= 11 is 0. The Bertz CT molecular complexity index is 1940. The van der Waals surface area contributed by atoms with E-state index < -0.39 is 15.4 Å². The van der Waals surface area contributed by atoms with E-state index >= 15 is 0 Å². The second-order valence-electron chi connectivity index (χ2n) is 12.1. The average Bonchev–Trinajstić information content (AvgIpc) is 4.01. The molecular weight excluding hydrogens is 859 g/mol. The van der Waals surface area contributed by atoms with E-state index in [0.29, 0.717) is 6.54 Å². The van der Waals surface area contributed by atoms with Gasteiger partial charge in [0, 0.05) is 48.7 Å². The van der Waals surface area contributed by atoms with Gasteiger partial charge in [-0.15, -0.1) is 16.6 Å². The summed E-state index contributed by atoms with van der Waals surface area (Å²) in [6.07, 6.45) is 14.9. The molecule has 0 saturated carbocycles. The van der Waals surface area contributed by atoms with Crippen molar-refractivity contribution >= 4 is 26.8 Å². The number of aromatic nitrogens is 4. The molecule has 6 aromatic rings. The van der Waals surface area contributed by atoms with E-state index in [-0.39, 0.29) is 20.1 Å². The molecule has 2 aliphatic heterocycles. The van der Waals surface area contributed by atoms with Gasteiger partial charge in [-0.25, -0.2) is 6.20 Å². The maximum atomic E-state index is 4.92. The third kappa shape index (κ3) is 10.3. The van der Waals surface area contributed by atoms with Crippen LogP contribution in [0.5, 0.6) is 0 Å². The van der Waals surface area contributed by atoms with Gasteiger partial charge in [0.1, 0.15) is 0 Å². The molecule has 2 unspecified atom stereocenters. The zero-order chi connectivity index (χ0) is 34.7. The minimum absolute atomic E-state index is 0. The summed E-state index contributed by atoms with van der Waals surface area (Å²) in [5.41, 5.74) is 5.44. The maximum Gasteiger partial charge on any atom is 0.0756 e. The predicted molar refractivity (Wildman–Crippen MR) is 208 cm³/mol. The van der Waals surface area contributed by atoms with Crippen molar-refractivity contribution in [2.75, 3.05) is 22.9 Å². The molecule has 4 heterocycles. The number of unbranched alkanes of at least 4 members (excludes halogenated alkanes) is 1. The number of para-hydroxylation sites is 2. The molecule has 0 bridgehead atoms. The Morgan fingerprint density at radius 1 is 0.692 bits per heavy atom. The van der Waals surface area contributed by atoms with Crippen LogP contribution < -0.4 is 9.80 Å². The first-order chi connectivity index (χ1) is 25.2. The molecule has 0 amide bonds. The summed E-state index contributed by atoms with van der Waals surface area (Å²) in [7, 11) is -1.17. The summed E-state index contributed by atoms with van der Waals surface area (Å²) in [6, 6.07) is 43.3. The van der Waals surface area contributed by atoms with Crippen LogP contribution in [-0.4, -0.2) is 42.4 Å². The Labute approximate surface area is 323 Å². The van der Waals surface area contributed by atoms with Gasteiger partial charge in [-0.05, 0) is 61.9 Å². The predicted octanol–water partition coefficient (Wildman–Crippen LogP) is 9.02. The van der Waals surface area contributed by atoms with Gasteiger partial charge in [0.15, 0.2) is 0 Å². The quantitative estimate of drug-likeness (QED) is 0.0899. The van der Waals surface area contributed by atoms with E-state index in [2.05, 4.69) is 147 Å². The standard InChI is InChI=1S/C22H22N4.C19H17N4P2.Ir/c1-3-9-21(10-4-1)25-17-15-23(19-25)13-7-8-14-24-16-18-26(20-24)22-11-5-2-6-12-22;1-24-19(15-25(22-24)14-17-10-6-3-7-11-17)18-13-23(21-20-18)12-16-8-4-2-5-9-16;/h1-6,9,11,15-20H,7-8,13-14H2;2-11H,12,14H2,1H3;/q-4;-1;. The molecule has 2 aliphatic rings. The number of aryl methyl sites for hydroxylation is 1. The van der Waals surface area contributed by atoms with Gasteiger partial charge in [-0.3, -0.25) is 5.10 Å². The third-order valence-electron chi connectivity index (χ3n) is 8.27. The molecule has 8 nitrogen and oxygen atoms in total. The normalized spacial score (nSPS) is 14.0. The third-order valence-corrected chi connectivity index (χ3v) is 12.5. The number of benzene rings is 4. The van der Waals surface area contributed by atoms with Gasteiger partial charge < -0.3 is 24.3 Å². The number of hydrogen-bond donors (Lipinski definition) is 0. The Morgan fingerprint density at radius 2 is 1.25 bits per heavy atom. The Morgan fingerprint density at radius 3 is 1.81 bits per heavy atom. The molecule has 0 fully saturated rings. The molecule has 0 spiro atoms. The summed E-state index contributed by atoms with van der Waals surface area (Å²) < 4.78 is 6.68. The molecule has 8 rings (SSSR count). The fraction of sp³-hybridized carbons (Fsp3) is 0.171. The minimum atomic E-state index is -0.593. The van der Waals surface area contributed by atoms with Gasteiger partial charge in [0.2, 0.25) is 0 Å². The van der Waals surface area contributed by atoms with Gasteiger partial charge in [-0.2, -0.15) is 90.8 Å². The summed E-state index contributed by atoms with van der Waals surface area (Å²) in [6.45, 7) is 9.14. The van der Waals surface area contributed by atoms with Crippen LogP contribution in [0.1, 0.15) is 24.0 Å². The smallest absolute Gasteiger partial charge is 0.0756 e. The first-order valence-corrected chi connectivity index (χ1v) is 20.2. The second-order valence-corrected chi connectivity index (χ2v) is 15.7. The van der Waals surface area contributed by atoms with Crippen LogP contribution in [0.25, 0.3) is 11.0 Å². The Balaban J connectivity index is 0.000000175. The maximum absolute atomic E-state index is 4.92. The average molecular weight is 898 g/mol. The van der Waals surface area contributed by atoms with Crippen molar-refractivity contribution in [2.24, 2.45) is 6.66 Å². The first-order valence-electron chi connectivity index (χ1n) is 17.0. The Hall–Kier alpha value is -4.51. The molecule has 2 aromatic heterocycles. The molecule has 0 saturated heterocycles. The van der Waals surface area contributed by atoms with Gasteiger partial charge in [0.25, 0.3) is 0 Å². The molecule has 0 aliphatic carbocycles. The monoisotopic (exact) mass is 898 g/mol. The van der Waals surface area contributed by atoms with Crippen molar-refractivity contribution in [1.29, 1.82) is 0 Å². The topological polar surface area (TPSA) is 56.6 Å². The van der Waals surface area contributed by atoms with E-state index in [1.165, 1.54) is 11.1 Å². The van der Waals surface area contributed by atoms with Crippen LogP contribution in [0.15, 0.2) is 134 Å². The number of rotatable bonds is 12. The zero-order valence-corrected chi connectivity index (χ0v) is 33.1. The van der Waals surface area contributed by atoms with Crippen LogP contribution in [0.2, 0.25) is 0 Å². The molecule has 2 atom stereocenters. The number of nitrogens with zero attached hydrogens (tertiary/aromatic N) is 8. The molecular formula is C41H39IrN8P2-5. The van der Waals surface area contributed by atoms with E-state index in [1.807, 2.05) is 60.7 Å². The van der Waals surface area contributed by atoms with Crippen molar-refractivity contribution in [3.8, 4) is 11.0 Å². The van der Waals surface area contributed by atoms with Gasteiger partial charge >= 0.3 is 0 Å². The van der Waals surface area contributed by atoms with Gasteiger partial charge in [0.05, 0.1) is 6.16 Å². The molecule has 52 heavy (non-hydrogen) atoms. The van der Waals surface area contributed by atoms with E-state index in [4.69, 9.17) is 4.51 Å². The largest absolute Gasteiger partial charge is 0.508 e. The molecule has 4 aromatic carbocycles. The van der Waals surface area contributed by atoms with Crippen molar-refractivity contribution in [2.45, 2.75) is 25.5 Å². The van der Waals surface area contributed by atoms with Crippen LogP contribution in [-0.2, 0) is 39.5 Å². The van der Waals surface area contributed by atoms with Crippen LogP contribution in [0, 0.1) is 37.5 Å². The van der Waals surface area contributed by atoms with Crippen molar-refractivity contribution in [3.63, 3.8) is 0 Å². The van der Waals surface area contributed by atoms with E-state index in [0.717, 1.165) is 54.5 Å². The van der Waals surface area contributed by atoms with Gasteiger partial charge in [-0.1, -0.05) is 65.2 Å². The SMILES string of the molecule is Cp1n[p+](Cc2ccccc2)[c-]c1-c1[c-]n(Cc2ccccc2)nn1.[Ir].[c-]1ccccc1N1C=CN(CCCCN2C=CN(c3[c-]cccc3)[CH-]2)[CH-]1. The van der Waals surface area contributed by atoms with Crippen LogP contribution in [0.4, 0.5) is 11.4 Å². The molecule has 267 valence electrons. The molecule has 11 heteroatoms. The second kappa shape index (κ2) is 18.8. The van der Waals surface area contributed by atoms with Crippen LogP contribution in [0.3, 0.4) is 0 Å². The fourth-order valence-corrected chi connectivity index (χ4v) is 10.1. The van der Waals surface area contributed by atoms with Crippen molar-refractivity contribution in [1.82, 2.24) is 29.3 Å². The van der Waals surface area contributed by atoms with Crippen molar-refractivity contribution < 1.29 is 20.1 Å². The fourth-order valence-electron chi connectivity index (χ4n) is 5.67. The molecule has 0 N–H and O–H groups in total. The first kappa shape index (κ1) is 37.3.